The molecule has 0 saturated carbocycles. The molecule has 84 valence electrons. The maximum Gasteiger partial charge on any atom is 0.144 e. The number of rotatable bonds is 4. The molecule has 1 aromatic rings. The molecule has 0 atom stereocenters. The summed E-state index contributed by atoms with van der Waals surface area (Å²) in [6.45, 7) is 7.48. The quantitative estimate of drug-likeness (QED) is 0.892. The van der Waals surface area contributed by atoms with Crippen LogP contribution >= 0.6 is 27.5 Å². The van der Waals surface area contributed by atoms with Crippen molar-refractivity contribution in [2.45, 2.75) is 27.2 Å². The molecule has 0 fully saturated rings. The van der Waals surface area contributed by atoms with Crippen molar-refractivity contribution in [3.05, 3.63) is 21.8 Å². The van der Waals surface area contributed by atoms with E-state index in [4.69, 9.17) is 11.6 Å². The summed E-state index contributed by atoms with van der Waals surface area (Å²) in [6, 6.07) is 1.84. The van der Waals surface area contributed by atoms with Gasteiger partial charge in [0, 0.05) is 17.2 Å². The van der Waals surface area contributed by atoms with Crippen LogP contribution in [0, 0.1) is 5.41 Å². The average Bonchev–Trinajstić information content (AvgIpc) is 2.16. The monoisotopic (exact) mass is 290 g/mol. The van der Waals surface area contributed by atoms with Crippen LogP contribution in [-0.4, -0.2) is 11.5 Å². The Morgan fingerprint density at radius 1 is 1.53 bits per heavy atom. The van der Waals surface area contributed by atoms with Crippen LogP contribution in [0.4, 0.5) is 5.82 Å². The molecule has 0 saturated heterocycles. The van der Waals surface area contributed by atoms with Gasteiger partial charge >= 0.3 is 0 Å². The second-order valence-corrected chi connectivity index (χ2v) is 5.68. The van der Waals surface area contributed by atoms with Crippen LogP contribution in [0.5, 0.6) is 0 Å². The first-order chi connectivity index (χ1) is 6.94. The van der Waals surface area contributed by atoms with Crippen molar-refractivity contribution in [1.82, 2.24) is 4.98 Å². The second-order valence-electron chi connectivity index (χ2n) is 4.36. The molecule has 4 heteroatoms. The topological polar surface area (TPSA) is 24.9 Å². The third kappa shape index (κ3) is 3.99. The van der Waals surface area contributed by atoms with E-state index in [1.54, 1.807) is 6.20 Å². The Bertz CT molecular complexity index is 339. The Hall–Kier alpha value is -0.280. The number of aromatic nitrogens is 1. The highest BCUT2D eigenvalue weighted by Crippen LogP contribution is 2.25. The molecule has 0 aliphatic heterocycles. The van der Waals surface area contributed by atoms with E-state index in [1.165, 1.54) is 0 Å². The summed E-state index contributed by atoms with van der Waals surface area (Å²) in [7, 11) is 0. The summed E-state index contributed by atoms with van der Waals surface area (Å²) in [4.78, 5) is 4.23. The van der Waals surface area contributed by atoms with Gasteiger partial charge in [-0.15, -0.1) is 0 Å². The highest BCUT2D eigenvalue weighted by atomic mass is 79.9. The minimum atomic E-state index is 0.262. The van der Waals surface area contributed by atoms with Gasteiger partial charge in [0.05, 0.1) is 5.02 Å². The fraction of sp³-hybridized carbons (Fsp3) is 0.545. The van der Waals surface area contributed by atoms with Crippen molar-refractivity contribution in [2.24, 2.45) is 5.41 Å². The summed E-state index contributed by atoms with van der Waals surface area (Å²) >= 11 is 9.37. The largest absolute Gasteiger partial charge is 0.368 e. The fourth-order valence-electron chi connectivity index (χ4n) is 0.993. The van der Waals surface area contributed by atoms with E-state index in [9.17, 15) is 0 Å². The molecule has 0 amide bonds. The smallest absolute Gasteiger partial charge is 0.144 e. The average molecular weight is 292 g/mol. The van der Waals surface area contributed by atoms with Gasteiger partial charge in [0.15, 0.2) is 0 Å². The number of nitrogens with one attached hydrogen (secondary N) is 1. The van der Waals surface area contributed by atoms with Crippen LogP contribution in [0.25, 0.3) is 0 Å². The Kier molecular flexibility index (Phi) is 4.41. The number of hydrogen-bond donors (Lipinski definition) is 1. The van der Waals surface area contributed by atoms with Gasteiger partial charge in [-0.25, -0.2) is 4.98 Å². The van der Waals surface area contributed by atoms with Crippen molar-refractivity contribution < 1.29 is 0 Å². The molecule has 2 nitrogen and oxygen atoms in total. The molecular weight excluding hydrogens is 275 g/mol. The minimum Gasteiger partial charge on any atom is -0.368 e. The number of halogens is 2. The van der Waals surface area contributed by atoms with E-state index in [-0.39, 0.29) is 5.41 Å². The van der Waals surface area contributed by atoms with Crippen molar-refractivity contribution in [3.63, 3.8) is 0 Å². The maximum absolute atomic E-state index is 6.05. The zero-order valence-electron chi connectivity index (χ0n) is 9.27. The lowest BCUT2D eigenvalue weighted by Crippen LogP contribution is -2.22. The van der Waals surface area contributed by atoms with Gasteiger partial charge in [-0.2, -0.15) is 0 Å². The third-order valence-corrected chi connectivity index (χ3v) is 3.22. The summed E-state index contributed by atoms with van der Waals surface area (Å²) in [5.74, 6) is 0.751. The molecule has 0 aliphatic rings. The van der Waals surface area contributed by atoms with Crippen LogP contribution < -0.4 is 5.32 Å². The van der Waals surface area contributed by atoms with E-state index >= 15 is 0 Å². The first-order valence-electron chi connectivity index (χ1n) is 4.99. The standard InChI is InChI=1S/C11H16BrClN2/c1-4-11(2,3)7-15-10-9(13)5-8(12)6-14-10/h5-6H,4,7H2,1-3H3,(H,14,15). The summed E-state index contributed by atoms with van der Waals surface area (Å²) in [5, 5.41) is 3.92. The van der Waals surface area contributed by atoms with Crippen LogP contribution in [-0.2, 0) is 0 Å². The van der Waals surface area contributed by atoms with E-state index in [0.717, 1.165) is 23.3 Å². The van der Waals surface area contributed by atoms with Crippen LogP contribution in [0.15, 0.2) is 16.7 Å². The van der Waals surface area contributed by atoms with Gasteiger partial charge in [-0.3, -0.25) is 0 Å². The Morgan fingerprint density at radius 3 is 2.73 bits per heavy atom. The van der Waals surface area contributed by atoms with Crippen LogP contribution in [0.1, 0.15) is 27.2 Å². The lowest BCUT2D eigenvalue weighted by Gasteiger charge is -2.23. The molecule has 1 rings (SSSR count). The minimum absolute atomic E-state index is 0.262. The normalized spacial score (nSPS) is 11.5. The van der Waals surface area contributed by atoms with Crippen LogP contribution in [0.3, 0.4) is 0 Å². The summed E-state index contributed by atoms with van der Waals surface area (Å²) < 4.78 is 0.896. The first kappa shape index (κ1) is 12.8. The van der Waals surface area contributed by atoms with Crippen molar-refractivity contribution in [2.75, 3.05) is 11.9 Å². The van der Waals surface area contributed by atoms with Crippen LogP contribution in [0.2, 0.25) is 5.02 Å². The van der Waals surface area contributed by atoms with Crippen molar-refractivity contribution >= 4 is 33.3 Å². The number of hydrogen-bond acceptors (Lipinski definition) is 2. The van der Waals surface area contributed by atoms with Gasteiger partial charge in [0.25, 0.3) is 0 Å². The van der Waals surface area contributed by atoms with Crippen molar-refractivity contribution in [1.29, 1.82) is 0 Å². The molecule has 1 heterocycles. The van der Waals surface area contributed by atoms with Crippen molar-refractivity contribution in [3.8, 4) is 0 Å². The third-order valence-electron chi connectivity index (χ3n) is 2.50. The van der Waals surface area contributed by atoms with Gasteiger partial charge in [0.1, 0.15) is 5.82 Å². The van der Waals surface area contributed by atoms with Gasteiger partial charge in [0.2, 0.25) is 0 Å². The molecule has 0 aliphatic carbocycles. The summed E-state index contributed by atoms with van der Waals surface area (Å²) in [5.41, 5.74) is 0.262. The lowest BCUT2D eigenvalue weighted by atomic mass is 9.90. The van der Waals surface area contributed by atoms with E-state index < -0.39 is 0 Å². The predicted octanol–water partition coefficient (Wildman–Crippen LogP) is 4.35. The molecular formula is C11H16BrClN2. The second kappa shape index (κ2) is 5.17. The lowest BCUT2D eigenvalue weighted by molar-refractivity contribution is 0.376. The molecule has 0 aromatic carbocycles. The van der Waals surface area contributed by atoms with E-state index in [2.05, 4.69) is 47.0 Å². The fourth-order valence-corrected chi connectivity index (χ4v) is 1.69. The molecule has 0 radical (unpaired) electrons. The Labute approximate surface area is 105 Å². The molecule has 0 spiro atoms. The zero-order chi connectivity index (χ0) is 11.5. The SMILES string of the molecule is CCC(C)(C)CNc1ncc(Br)cc1Cl. The first-order valence-corrected chi connectivity index (χ1v) is 6.16. The summed E-state index contributed by atoms with van der Waals surface area (Å²) in [6.07, 6.45) is 2.86. The molecule has 15 heavy (non-hydrogen) atoms. The van der Waals surface area contributed by atoms with Gasteiger partial charge in [-0.1, -0.05) is 32.4 Å². The highest BCUT2D eigenvalue weighted by molar-refractivity contribution is 9.10. The molecule has 0 bridgehead atoms. The highest BCUT2D eigenvalue weighted by Gasteiger charge is 2.15. The predicted molar refractivity (Wildman–Crippen MR) is 69.5 cm³/mol. The number of pyridine rings is 1. The van der Waals surface area contributed by atoms with Gasteiger partial charge < -0.3 is 5.32 Å². The molecule has 1 aromatic heterocycles. The number of nitrogens with zero attached hydrogens (tertiary/aromatic N) is 1. The Morgan fingerprint density at radius 2 is 2.20 bits per heavy atom. The van der Waals surface area contributed by atoms with Gasteiger partial charge in [-0.05, 0) is 33.8 Å². The zero-order valence-corrected chi connectivity index (χ0v) is 11.6. The molecule has 1 N–H and O–H groups in total. The van der Waals surface area contributed by atoms with E-state index in [0.29, 0.717) is 5.02 Å². The maximum atomic E-state index is 6.05. The van der Waals surface area contributed by atoms with E-state index in [1.807, 2.05) is 6.07 Å². The number of anilines is 1. The molecule has 0 unspecified atom stereocenters. The Balaban J connectivity index is 2.66.